The molecular weight excluding hydrogens is 424 g/mol. The first-order chi connectivity index (χ1) is 15.4. The van der Waals surface area contributed by atoms with Gasteiger partial charge in [-0.2, -0.15) is 12.7 Å². The van der Waals surface area contributed by atoms with Crippen LogP contribution >= 0.6 is 0 Å². The SMILES string of the molecule is CCN(CC)C1C[C@H]2CC[C@@H](C1)N2S(=O)(=O)NC(=O)Nc1c2c(cc3c1CCC3)CCC2. The molecule has 8 heteroatoms. The fourth-order valence-corrected chi connectivity index (χ4v) is 8.37. The topological polar surface area (TPSA) is 81.8 Å². The number of amides is 2. The third-order valence-corrected chi connectivity index (χ3v) is 9.78. The van der Waals surface area contributed by atoms with Gasteiger partial charge < -0.3 is 10.2 Å². The fourth-order valence-electron chi connectivity index (χ4n) is 6.81. The normalized spacial score (nSPS) is 26.9. The third kappa shape index (κ3) is 3.84. The van der Waals surface area contributed by atoms with Crippen LogP contribution in [0.4, 0.5) is 10.5 Å². The zero-order valence-corrected chi connectivity index (χ0v) is 20.1. The maximum atomic E-state index is 13.3. The van der Waals surface area contributed by atoms with Gasteiger partial charge >= 0.3 is 16.2 Å². The van der Waals surface area contributed by atoms with Crippen molar-refractivity contribution < 1.29 is 13.2 Å². The van der Waals surface area contributed by atoms with Gasteiger partial charge in [-0.15, -0.1) is 0 Å². The number of piperidine rings is 1. The standard InChI is InChI=1S/C24H36N4O3S/c1-3-27(4-2)20-14-18-11-12-19(15-20)28(18)32(30,31)26-24(29)25-23-21-9-5-7-16(21)13-17-8-6-10-22(17)23/h13,18-20H,3-12,14-15H2,1-2H3,(H2,25,26,29)/t18-,19+,20?. The molecule has 1 aromatic carbocycles. The highest BCUT2D eigenvalue weighted by Gasteiger charge is 2.48. The molecule has 5 rings (SSSR count). The summed E-state index contributed by atoms with van der Waals surface area (Å²) in [6.45, 7) is 6.30. The lowest BCUT2D eigenvalue weighted by molar-refractivity contribution is 0.112. The number of fused-ring (bicyclic) bond motifs is 4. The summed E-state index contributed by atoms with van der Waals surface area (Å²) in [5.74, 6) is 0. The van der Waals surface area contributed by atoms with E-state index in [-0.39, 0.29) is 12.1 Å². The summed E-state index contributed by atoms with van der Waals surface area (Å²) in [4.78, 5) is 15.4. The maximum absolute atomic E-state index is 13.3. The Labute approximate surface area is 192 Å². The van der Waals surface area contributed by atoms with E-state index in [9.17, 15) is 13.2 Å². The van der Waals surface area contributed by atoms with Crippen LogP contribution in [0.25, 0.3) is 0 Å². The monoisotopic (exact) mass is 460 g/mol. The van der Waals surface area contributed by atoms with Crippen LogP contribution in [0.5, 0.6) is 0 Å². The fraction of sp³-hybridized carbons (Fsp3) is 0.708. The molecule has 2 aliphatic heterocycles. The Morgan fingerprint density at radius 2 is 1.56 bits per heavy atom. The number of nitrogens with zero attached hydrogens (tertiary/aromatic N) is 2. The average Bonchev–Trinajstić information content (AvgIpc) is 3.46. The highest BCUT2D eigenvalue weighted by atomic mass is 32.2. The second-order valence-electron chi connectivity index (χ2n) is 9.86. The molecule has 4 aliphatic rings. The highest BCUT2D eigenvalue weighted by molar-refractivity contribution is 7.87. The van der Waals surface area contributed by atoms with Crippen LogP contribution in [0.1, 0.15) is 74.6 Å². The molecule has 176 valence electrons. The zero-order chi connectivity index (χ0) is 22.5. The molecule has 7 nitrogen and oxygen atoms in total. The van der Waals surface area contributed by atoms with Gasteiger partial charge in [-0.3, -0.25) is 0 Å². The van der Waals surface area contributed by atoms with Crippen molar-refractivity contribution in [1.82, 2.24) is 13.9 Å². The van der Waals surface area contributed by atoms with Crippen LogP contribution in [-0.2, 0) is 35.9 Å². The molecule has 2 amide bonds. The van der Waals surface area contributed by atoms with Gasteiger partial charge in [-0.1, -0.05) is 19.9 Å². The first-order valence-electron chi connectivity index (χ1n) is 12.4. The van der Waals surface area contributed by atoms with Crippen LogP contribution in [0.3, 0.4) is 0 Å². The van der Waals surface area contributed by atoms with Crippen molar-refractivity contribution in [3.8, 4) is 0 Å². The summed E-state index contributed by atoms with van der Waals surface area (Å²) in [6.07, 6.45) is 9.64. The second-order valence-corrected chi connectivity index (χ2v) is 11.4. The van der Waals surface area contributed by atoms with Gasteiger partial charge in [0.25, 0.3) is 0 Å². The van der Waals surface area contributed by atoms with Gasteiger partial charge in [0.15, 0.2) is 0 Å². The molecule has 2 bridgehead atoms. The molecule has 0 spiro atoms. The van der Waals surface area contributed by atoms with Crippen LogP contribution in [0.15, 0.2) is 6.07 Å². The van der Waals surface area contributed by atoms with Crippen LogP contribution < -0.4 is 10.0 Å². The molecule has 2 fully saturated rings. The minimum atomic E-state index is -3.88. The summed E-state index contributed by atoms with van der Waals surface area (Å²) >= 11 is 0. The van der Waals surface area contributed by atoms with Gasteiger partial charge in [0.05, 0.1) is 0 Å². The molecular formula is C24H36N4O3S. The van der Waals surface area contributed by atoms with Crippen molar-refractivity contribution in [2.45, 2.75) is 96.2 Å². The number of carbonyl (C=O) groups excluding carboxylic acids is 1. The van der Waals surface area contributed by atoms with Crippen LogP contribution in [0.2, 0.25) is 0 Å². The van der Waals surface area contributed by atoms with E-state index in [1.807, 2.05) is 0 Å². The summed E-state index contributed by atoms with van der Waals surface area (Å²) in [5.41, 5.74) is 5.93. The van der Waals surface area contributed by atoms with Gasteiger partial charge in [-0.25, -0.2) is 9.52 Å². The summed E-state index contributed by atoms with van der Waals surface area (Å²) < 4.78 is 30.5. The lowest BCUT2D eigenvalue weighted by Gasteiger charge is -2.41. The molecule has 1 unspecified atom stereocenters. The van der Waals surface area contributed by atoms with Crippen molar-refractivity contribution in [3.63, 3.8) is 0 Å². The van der Waals surface area contributed by atoms with Crippen LogP contribution in [-0.4, -0.2) is 54.9 Å². The quantitative estimate of drug-likeness (QED) is 0.682. The van der Waals surface area contributed by atoms with E-state index in [4.69, 9.17) is 0 Å². The Morgan fingerprint density at radius 1 is 1.00 bits per heavy atom. The van der Waals surface area contributed by atoms with E-state index in [1.54, 1.807) is 4.31 Å². The number of hydrogen-bond donors (Lipinski definition) is 2. The summed E-state index contributed by atoms with van der Waals surface area (Å²) in [5, 5.41) is 2.97. The molecule has 2 N–H and O–H groups in total. The molecule has 3 atom stereocenters. The van der Waals surface area contributed by atoms with Crippen LogP contribution in [0, 0.1) is 0 Å². The number of rotatable bonds is 6. The van der Waals surface area contributed by atoms with Gasteiger partial charge in [0.1, 0.15) is 0 Å². The number of anilines is 1. The molecule has 0 saturated carbocycles. The first kappa shape index (κ1) is 22.2. The van der Waals surface area contributed by atoms with E-state index < -0.39 is 16.2 Å². The Balaban J connectivity index is 1.31. The molecule has 2 saturated heterocycles. The van der Waals surface area contributed by atoms with E-state index >= 15 is 0 Å². The Hall–Kier alpha value is -1.64. The molecule has 0 aromatic heterocycles. The summed E-state index contributed by atoms with van der Waals surface area (Å²) in [7, 11) is -3.88. The number of aryl methyl sites for hydroxylation is 2. The molecule has 2 heterocycles. The Kier molecular flexibility index (Phi) is 5.97. The highest BCUT2D eigenvalue weighted by Crippen LogP contribution is 2.40. The van der Waals surface area contributed by atoms with Gasteiger partial charge in [-0.05, 0) is 99.6 Å². The van der Waals surface area contributed by atoms with Crippen molar-refractivity contribution >= 4 is 21.9 Å². The zero-order valence-electron chi connectivity index (χ0n) is 19.3. The predicted molar refractivity (Wildman–Crippen MR) is 126 cm³/mol. The van der Waals surface area contributed by atoms with Crippen molar-refractivity contribution in [3.05, 3.63) is 28.3 Å². The van der Waals surface area contributed by atoms with E-state index in [0.717, 1.165) is 83.0 Å². The van der Waals surface area contributed by atoms with E-state index in [0.29, 0.717) is 6.04 Å². The van der Waals surface area contributed by atoms with Crippen molar-refractivity contribution in [2.24, 2.45) is 0 Å². The average molecular weight is 461 g/mol. The van der Waals surface area contributed by atoms with Gasteiger partial charge in [0, 0.05) is 23.8 Å². The lowest BCUT2D eigenvalue weighted by Crippen LogP contribution is -2.56. The van der Waals surface area contributed by atoms with E-state index in [1.165, 1.54) is 22.3 Å². The number of benzene rings is 1. The van der Waals surface area contributed by atoms with Crippen molar-refractivity contribution in [2.75, 3.05) is 18.4 Å². The minimum absolute atomic E-state index is 0.0186. The first-order valence-corrected chi connectivity index (χ1v) is 13.9. The van der Waals surface area contributed by atoms with Gasteiger partial charge in [0.2, 0.25) is 0 Å². The molecule has 2 aliphatic carbocycles. The second kappa shape index (κ2) is 8.61. The smallest absolute Gasteiger partial charge is 0.307 e. The van der Waals surface area contributed by atoms with E-state index in [2.05, 4.69) is 34.9 Å². The summed E-state index contributed by atoms with van der Waals surface area (Å²) in [6, 6.07) is 2.08. The predicted octanol–water partition coefficient (Wildman–Crippen LogP) is 3.37. The number of carbonyl (C=O) groups is 1. The number of urea groups is 1. The Morgan fingerprint density at radius 3 is 2.09 bits per heavy atom. The third-order valence-electron chi connectivity index (χ3n) is 8.18. The Bertz CT molecular complexity index is 959. The molecule has 1 aromatic rings. The molecule has 32 heavy (non-hydrogen) atoms. The maximum Gasteiger partial charge on any atom is 0.333 e. The van der Waals surface area contributed by atoms with Crippen molar-refractivity contribution in [1.29, 1.82) is 0 Å². The lowest BCUT2D eigenvalue weighted by atomic mass is 9.98. The largest absolute Gasteiger partial charge is 0.333 e. The number of nitrogens with one attached hydrogen (secondary N) is 2. The minimum Gasteiger partial charge on any atom is -0.307 e. The molecule has 0 radical (unpaired) electrons. The number of hydrogen-bond acceptors (Lipinski definition) is 4.